The van der Waals surface area contributed by atoms with E-state index in [1.807, 2.05) is 38.1 Å². The molecule has 2 aromatic rings. The average molecular weight is 326 g/mol. The number of carbonyl (C=O) groups is 2. The Bertz CT molecular complexity index is 725. The van der Waals surface area contributed by atoms with Crippen molar-refractivity contribution in [1.82, 2.24) is 9.88 Å². The molecule has 0 saturated heterocycles. The summed E-state index contributed by atoms with van der Waals surface area (Å²) < 4.78 is 7.28. The van der Waals surface area contributed by atoms with E-state index < -0.39 is 12.1 Å². The first kappa shape index (κ1) is 17.5. The van der Waals surface area contributed by atoms with Crippen LogP contribution in [0, 0.1) is 13.8 Å². The minimum absolute atomic E-state index is 0.338. The van der Waals surface area contributed by atoms with Gasteiger partial charge in [-0.15, -0.1) is 6.58 Å². The maximum absolute atomic E-state index is 12.1. The number of aryl methyl sites for hydroxylation is 2. The van der Waals surface area contributed by atoms with Crippen molar-refractivity contribution in [3.8, 4) is 5.69 Å². The molecule has 0 bridgehead atoms. The first-order valence-electron chi connectivity index (χ1n) is 7.79. The predicted octanol–water partition coefficient (Wildman–Crippen LogP) is 2.94. The summed E-state index contributed by atoms with van der Waals surface area (Å²) in [6.45, 7) is 9.45. The second-order valence-electron chi connectivity index (χ2n) is 5.58. The lowest BCUT2D eigenvalue weighted by molar-refractivity contribution is -0.128. The summed E-state index contributed by atoms with van der Waals surface area (Å²) in [5.74, 6) is -0.873. The predicted molar refractivity (Wildman–Crippen MR) is 93.3 cm³/mol. The number of esters is 1. The molecular weight excluding hydrogens is 304 g/mol. The van der Waals surface area contributed by atoms with E-state index in [1.54, 1.807) is 18.2 Å². The third-order valence-corrected chi connectivity index (χ3v) is 3.71. The van der Waals surface area contributed by atoms with Crippen LogP contribution in [-0.2, 0) is 9.53 Å². The lowest BCUT2D eigenvalue weighted by atomic mass is 10.2. The summed E-state index contributed by atoms with van der Waals surface area (Å²) in [5, 5.41) is 2.59. The maximum Gasteiger partial charge on any atom is 0.338 e. The number of benzene rings is 1. The number of nitrogens with one attached hydrogen (secondary N) is 1. The third-order valence-electron chi connectivity index (χ3n) is 3.71. The van der Waals surface area contributed by atoms with Crippen LogP contribution in [0.2, 0.25) is 0 Å². The van der Waals surface area contributed by atoms with Crippen molar-refractivity contribution < 1.29 is 14.3 Å². The van der Waals surface area contributed by atoms with Gasteiger partial charge < -0.3 is 14.6 Å². The monoisotopic (exact) mass is 326 g/mol. The topological polar surface area (TPSA) is 60.3 Å². The Morgan fingerprint density at radius 1 is 1.17 bits per heavy atom. The molecule has 1 aromatic heterocycles. The molecule has 0 spiro atoms. The molecule has 5 heteroatoms. The molecule has 1 heterocycles. The minimum atomic E-state index is -0.855. The van der Waals surface area contributed by atoms with Crippen LogP contribution in [0.5, 0.6) is 0 Å². The fourth-order valence-corrected chi connectivity index (χ4v) is 2.42. The molecule has 0 aliphatic rings. The second kappa shape index (κ2) is 7.64. The fraction of sp³-hybridized carbons (Fsp3) is 0.263. The Morgan fingerprint density at radius 3 is 2.29 bits per heavy atom. The van der Waals surface area contributed by atoms with Crippen molar-refractivity contribution in [2.24, 2.45) is 0 Å². The van der Waals surface area contributed by atoms with E-state index in [0.717, 1.165) is 17.1 Å². The molecule has 2 rings (SSSR count). The smallest absolute Gasteiger partial charge is 0.338 e. The van der Waals surface area contributed by atoms with Gasteiger partial charge in [0.2, 0.25) is 0 Å². The lowest BCUT2D eigenvalue weighted by Crippen LogP contribution is -2.35. The van der Waals surface area contributed by atoms with E-state index in [0.29, 0.717) is 12.1 Å². The second-order valence-corrected chi connectivity index (χ2v) is 5.58. The quantitative estimate of drug-likeness (QED) is 0.656. The lowest BCUT2D eigenvalue weighted by Gasteiger charge is -2.13. The molecule has 0 saturated carbocycles. The third kappa shape index (κ3) is 3.93. The molecule has 24 heavy (non-hydrogen) atoms. The molecule has 1 atom stereocenters. The van der Waals surface area contributed by atoms with Crippen molar-refractivity contribution in [3.05, 3.63) is 66.0 Å². The van der Waals surface area contributed by atoms with Gasteiger partial charge in [0, 0.05) is 23.6 Å². The van der Waals surface area contributed by atoms with Crippen molar-refractivity contribution >= 4 is 11.9 Å². The number of nitrogens with zero attached hydrogens (tertiary/aromatic N) is 1. The number of ether oxygens (including phenoxy) is 1. The molecule has 5 nitrogen and oxygen atoms in total. The normalized spacial score (nSPS) is 11.6. The average Bonchev–Trinajstić information content (AvgIpc) is 2.91. The zero-order valence-corrected chi connectivity index (χ0v) is 14.2. The van der Waals surface area contributed by atoms with Gasteiger partial charge in [0.05, 0.1) is 5.56 Å². The van der Waals surface area contributed by atoms with E-state index >= 15 is 0 Å². The van der Waals surface area contributed by atoms with Crippen LogP contribution < -0.4 is 5.32 Å². The van der Waals surface area contributed by atoms with E-state index in [4.69, 9.17) is 4.74 Å². The summed E-state index contributed by atoms with van der Waals surface area (Å²) in [6, 6.07) is 11.2. The van der Waals surface area contributed by atoms with Gasteiger partial charge in [-0.1, -0.05) is 6.08 Å². The van der Waals surface area contributed by atoms with Crippen LogP contribution in [0.1, 0.15) is 28.7 Å². The van der Waals surface area contributed by atoms with Crippen molar-refractivity contribution in [2.75, 3.05) is 6.54 Å². The molecule has 0 aliphatic carbocycles. The molecule has 1 aromatic carbocycles. The molecule has 0 radical (unpaired) electrons. The number of hydrogen-bond donors (Lipinski definition) is 1. The minimum Gasteiger partial charge on any atom is -0.449 e. The molecule has 0 fully saturated rings. The zero-order chi connectivity index (χ0) is 17.7. The van der Waals surface area contributed by atoms with Gasteiger partial charge >= 0.3 is 5.97 Å². The van der Waals surface area contributed by atoms with Gasteiger partial charge in [-0.25, -0.2) is 4.79 Å². The highest BCUT2D eigenvalue weighted by molar-refractivity contribution is 5.92. The molecule has 1 N–H and O–H groups in total. The van der Waals surface area contributed by atoms with Crippen LogP contribution in [-0.4, -0.2) is 29.1 Å². The first-order valence-corrected chi connectivity index (χ1v) is 7.79. The van der Waals surface area contributed by atoms with Crippen molar-refractivity contribution in [3.63, 3.8) is 0 Å². The van der Waals surface area contributed by atoms with Gasteiger partial charge in [0.15, 0.2) is 6.10 Å². The number of aromatic nitrogens is 1. The van der Waals surface area contributed by atoms with Gasteiger partial charge in [0.25, 0.3) is 5.91 Å². The number of rotatable bonds is 6. The van der Waals surface area contributed by atoms with Crippen LogP contribution in [0.4, 0.5) is 0 Å². The highest BCUT2D eigenvalue weighted by Crippen LogP contribution is 2.17. The highest BCUT2D eigenvalue weighted by atomic mass is 16.5. The molecular formula is C19H22N2O3. The van der Waals surface area contributed by atoms with Gasteiger partial charge in [-0.2, -0.15) is 0 Å². The van der Waals surface area contributed by atoms with E-state index in [2.05, 4.69) is 16.5 Å². The van der Waals surface area contributed by atoms with Crippen LogP contribution in [0.15, 0.2) is 49.1 Å². The van der Waals surface area contributed by atoms with Gasteiger partial charge in [-0.05, 0) is 57.2 Å². The summed E-state index contributed by atoms with van der Waals surface area (Å²) in [7, 11) is 0. The Labute approximate surface area is 141 Å². The fourth-order valence-electron chi connectivity index (χ4n) is 2.42. The molecule has 126 valence electrons. The summed E-state index contributed by atoms with van der Waals surface area (Å²) in [5.41, 5.74) is 3.62. The maximum atomic E-state index is 12.1. The molecule has 0 aliphatic heterocycles. The number of amides is 1. The Hall–Kier alpha value is -2.82. The van der Waals surface area contributed by atoms with E-state index in [-0.39, 0.29) is 5.91 Å². The van der Waals surface area contributed by atoms with Gasteiger partial charge in [0.1, 0.15) is 0 Å². The molecule has 0 unspecified atom stereocenters. The summed E-state index contributed by atoms with van der Waals surface area (Å²) >= 11 is 0. The number of hydrogen-bond acceptors (Lipinski definition) is 3. The number of carbonyl (C=O) groups excluding carboxylic acids is 2. The van der Waals surface area contributed by atoms with Crippen molar-refractivity contribution in [2.45, 2.75) is 26.9 Å². The first-order chi connectivity index (χ1) is 11.4. The molecule has 1 amide bonds. The largest absolute Gasteiger partial charge is 0.449 e. The zero-order valence-electron chi connectivity index (χ0n) is 14.2. The van der Waals surface area contributed by atoms with Crippen LogP contribution >= 0.6 is 0 Å². The van der Waals surface area contributed by atoms with E-state index in [1.165, 1.54) is 6.92 Å². The SMILES string of the molecule is C=CCNC(=O)[C@@H](C)OC(=O)c1ccc(-n2c(C)ccc2C)cc1. The Kier molecular flexibility index (Phi) is 5.58. The highest BCUT2D eigenvalue weighted by Gasteiger charge is 2.18. The summed E-state index contributed by atoms with van der Waals surface area (Å²) in [6.07, 6.45) is 0.710. The Balaban J connectivity index is 2.06. The van der Waals surface area contributed by atoms with Gasteiger partial charge in [-0.3, -0.25) is 4.79 Å². The van der Waals surface area contributed by atoms with Crippen LogP contribution in [0.3, 0.4) is 0 Å². The summed E-state index contributed by atoms with van der Waals surface area (Å²) in [4.78, 5) is 23.8. The Morgan fingerprint density at radius 2 is 1.75 bits per heavy atom. The van der Waals surface area contributed by atoms with E-state index in [9.17, 15) is 9.59 Å². The van der Waals surface area contributed by atoms with Crippen molar-refractivity contribution in [1.29, 1.82) is 0 Å². The standard InChI is InChI=1S/C19H22N2O3/c1-5-12-20-18(22)15(4)24-19(23)16-8-10-17(11-9-16)21-13(2)6-7-14(21)3/h5-11,15H,1,12H2,2-4H3,(H,20,22)/t15-/m1/s1. The van der Waals surface area contributed by atoms with Crippen LogP contribution in [0.25, 0.3) is 5.69 Å².